The molecule has 0 fully saturated rings. The Morgan fingerprint density at radius 1 is 1.06 bits per heavy atom. The Bertz CT molecular complexity index is 475. The highest BCUT2D eigenvalue weighted by Crippen LogP contribution is 2.23. The molecule has 3 heteroatoms. The monoisotopic (exact) mass is 215 g/mol. The molecular weight excluding hydrogens is 198 g/mol. The quantitative estimate of drug-likeness (QED) is 0.732. The minimum Gasteiger partial charge on any atom is -0.308 e. The lowest BCUT2D eigenvalue weighted by molar-refractivity contribution is 0.400. The van der Waals surface area contributed by atoms with Crippen LogP contribution in [0.5, 0.6) is 0 Å². The highest BCUT2D eigenvalue weighted by Gasteiger charge is 2.18. The molecule has 0 radical (unpaired) electrons. The van der Waals surface area contributed by atoms with Crippen LogP contribution in [-0.2, 0) is 5.54 Å². The van der Waals surface area contributed by atoms with E-state index in [0.29, 0.717) is 0 Å². The van der Waals surface area contributed by atoms with E-state index in [0.717, 1.165) is 11.4 Å². The summed E-state index contributed by atoms with van der Waals surface area (Å²) < 4.78 is 2.09. The zero-order valence-electron chi connectivity index (χ0n) is 10.2. The van der Waals surface area contributed by atoms with Gasteiger partial charge in [0.05, 0.1) is 0 Å². The maximum absolute atomic E-state index is 4.20. The van der Waals surface area contributed by atoms with E-state index in [4.69, 9.17) is 0 Å². The number of aryl methyl sites for hydroxylation is 1. The van der Waals surface area contributed by atoms with E-state index in [9.17, 15) is 0 Å². The van der Waals surface area contributed by atoms with Crippen LogP contribution in [0.25, 0.3) is 11.4 Å². The summed E-state index contributed by atoms with van der Waals surface area (Å²) in [6, 6.07) is 8.36. The van der Waals surface area contributed by atoms with Crippen molar-refractivity contribution in [2.24, 2.45) is 0 Å². The number of aromatic nitrogens is 3. The Balaban J connectivity index is 2.49. The van der Waals surface area contributed by atoms with Crippen LogP contribution in [0.1, 0.15) is 26.3 Å². The average Bonchev–Trinajstić information content (AvgIpc) is 2.66. The van der Waals surface area contributed by atoms with Gasteiger partial charge in [-0.05, 0) is 27.7 Å². The molecule has 1 heterocycles. The molecule has 1 aromatic heterocycles. The lowest BCUT2D eigenvalue weighted by Gasteiger charge is -2.22. The molecule has 0 saturated heterocycles. The Labute approximate surface area is 96.1 Å². The van der Waals surface area contributed by atoms with E-state index >= 15 is 0 Å². The number of nitrogens with zero attached hydrogens (tertiary/aromatic N) is 3. The van der Waals surface area contributed by atoms with Gasteiger partial charge in [0.15, 0.2) is 5.82 Å². The van der Waals surface area contributed by atoms with E-state index in [2.05, 4.69) is 66.7 Å². The number of hydrogen-bond acceptors (Lipinski definition) is 2. The first-order valence-electron chi connectivity index (χ1n) is 5.46. The van der Waals surface area contributed by atoms with Gasteiger partial charge in [-0.25, -0.2) is 0 Å². The average molecular weight is 215 g/mol. The van der Waals surface area contributed by atoms with Crippen molar-refractivity contribution < 1.29 is 0 Å². The van der Waals surface area contributed by atoms with Crippen LogP contribution >= 0.6 is 0 Å². The SMILES string of the molecule is Cc1ccc(-c2nncn2C(C)(C)C)cc1. The molecule has 16 heavy (non-hydrogen) atoms. The van der Waals surface area contributed by atoms with Crippen molar-refractivity contribution in [1.82, 2.24) is 14.8 Å². The van der Waals surface area contributed by atoms with Gasteiger partial charge in [-0.3, -0.25) is 0 Å². The third-order valence-corrected chi connectivity index (χ3v) is 2.58. The third-order valence-electron chi connectivity index (χ3n) is 2.58. The molecule has 0 spiro atoms. The van der Waals surface area contributed by atoms with Crippen molar-refractivity contribution in [3.8, 4) is 11.4 Å². The van der Waals surface area contributed by atoms with Gasteiger partial charge >= 0.3 is 0 Å². The fourth-order valence-corrected chi connectivity index (χ4v) is 1.63. The van der Waals surface area contributed by atoms with Crippen LogP contribution in [-0.4, -0.2) is 14.8 Å². The molecule has 0 N–H and O–H groups in total. The van der Waals surface area contributed by atoms with Crippen molar-refractivity contribution in [3.05, 3.63) is 36.2 Å². The van der Waals surface area contributed by atoms with E-state index in [1.807, 2.05) is 0 Å². The molecule has 3 nitrogen and oxygen atoms in total. The predicted molar refractivity (Wildman–Crippen MR) is 65.2 cm³/mol. The van der Waals surface area contributed by atoms with Gasteiger partial charge in [0, 0.05) is 11.1 Å². The summed E-state index contributed by atoms with van der Waals surface area (Å²) in [6.07, 6.45) is 1.79. The summed E-state index contributed by atoms with van der Waals surface area (Å²) >= 11 is 0. The second kappa shape index (κ2) is 3.74. The van der Waals surface area contributed by atoms with Crippen LogP contribution in [0.4, 0.5) is 0 Å². The highest BCUT2D eigenvalue weighted by atomic mass is 15.3. The van der Waals surface area contributed by atoms with Crippen molar-refractivity contribution in [1.29, 1.82) is 0 Å². The van der Waals surface area contributed by atoms with Gasteiger partial charge in [0.25, 0.3) is 0 Å². The first kappa shape index (κ1) is 10.9. The van der Waals surface area contributed by atoms with Crippen LogP contribution in [0, 0.1) is 6.92 Å². The van der Waals surface area contributed by atoms with Crippen LogP contribution in [0.15, 0.2) is 30.6 Å². The summed E-state index contributed by atoms with van der Waals surface area (Å²) in [5, 5.41) is 8.20. The molecule has 0 amide bonds. The predicted octanol–water partition coefficient (Wildman–Crippen LogP) is 3.01. The minimum atomic E-state index is 0.00369. The number of rotatable bonds is 1. The smallest absolute Gasteiger partial charge is 0.164 e. The van der Waals surface area contributed by atoms with E-state index in [1.54, 1.807) is 6.33 Å². The van der Waals surface area contributed by atoms with Crippen molar-refractivity contribution in [3.63, 3.8) is 0 Å². The lowest BCUT2D eigenvalue weighted by atomic mass is 10.1. The molecule has 0 saturated carbocycles. The maximum atomic E-state index is 4.20. The fourth-order valence-electron chi connectivity index (χ4n) is 1.63. The summed E-state index contributed by atoms with van der Waals surface area (Å²) in [7, 11) is 0. The maximum Gasteiger partial charge on any atom is 0.164 e. The zero-order chi connectivity index (χ0) is 11.8. The summed E-state index contributed by atoms with van der Waals surface area (Å²) in [6.45, 7) is 8.52. The number of hydrogen-bond donors (Lipinski definition) is 0. The summed E-state index contributed by atoms with van der Waals surface area (Å²) in [5.74, 6) is 0.924. The van der Waals surface area contributed by atoms with Crippen LogP contribution in [0.2, 0.25) is 0 Å². The lowest BCUT2D eigenvalue weighted by Crippen LogP contribution is -2.21. The Hall–Kier alpha value is -1.64. The highest BCUT2D eigenvalue weighted by molar-refractivity contribution is 5.55. The minimum absolute atomic E-state index is 0.00369. The van der Waals surface area contributed by atoms with Gasteiger partial charge in [0.1, 0.15) is 6.33 Å². The molecule has 0 aliphatic rings. The second-order valence-electron chi connectivity index (χ2n) is 5.06. The second-order valence-corrected chi connectivity index (χ2v) is 5.06. The van der Waals surface area contributed by atoms with Crippen LogP contribution < -0.4 is 0 Å². The normalized spacial score (nSPS) is 11.8. The van der Waals surface area contributed by atoms with Gasteiger partial charge in [-0.15, -0.1) is 10.2 Å². The molecule has 84 valence electrons. The Kier molecular flexibility index (Phi) is 2.54. The van der Waals surface area contributed by atoms with E-state index in [-0.39, 0.29) is 5.54 Å². The molecule has 2 aromatic rings. The fraction of sp³-hybridized carbons (Fsp3) is 0.385. The van der Waals surface area contributed by atoms with Crippen molar-refractivity contribution >= 4 is 0 Å². The summed E-state index contributed by atoms with van der Waals surface area (Å²) in [4.78, 5) is 0. The largest absolute Gasteiger partial charge is 0.308 e. The van der Waals surface area contributed by atoms with Gasteiger partial charge in [0.2, 0.25) is 0 Å². The molecule has 0 atom stereocenters. The molecule has 0 aliphatic heterocycles. The van der Waals surface area contributed by atoms with Crippen molar-refractivity contribution in [2.45, 2.75) is 33.2 Å². The van der Waals surface area contributed by atoms with Crippen molar-refractivity contribution in [2.75, 3.05) is 0 Å². The molecule has 2 rings (SSSR count). The standard InChI is InChI=1S/C13H17N3/c1-10-5-7-11(8-6-10)12-15-14-9-16(12)13(2,3)4/h5-9H,1-4H3. The van der Waals surface area contributed by atoms with Gasteiger partial charge < -0.3 is 4.57 Å². The zero-order valence-corrected chi connectivity index (χ0v) is 10.2. The Morgan fingerprint density at radius 2 is 1.69 bits per heavy atom. The molecule has 0 aliphatic carbocycles. The van der Waals surface area contributed by atoms with Crippen LogP contribution in [0.3, 0.4) is 0 Å². The Morgan fingerprint density at radius 3 is 2.25 bits per heavy atom. The topological polar surface area (TPSA) is 30.7 Å². The van der Waals surface area contributed by atoms with Gasteiger partial charge in [-0.2, -0.15) is 0 Å². The third kappa shape index (κ3) is 1.98. The first-order valence-corrected chi connectivity index (χ1v) is 5.46. The number of benzene rings is 1. The molecule has 1 aromatic carbocycles. The summed E-state index contributed by atoms with van der Waals surface area (Å²) in [5.41, 5.74) is 2.37. The first-order chi connectivity index (χ1) is 7.48. The molecule has 0 bridgehead atoms. The molecule has 0 unspecified atom stereocenters. The van der Waals surface area contributed by atoms with E-state index in [1.165, 1.54) is 5.56 Å². The van der Waals surface area contributed by atoms with E-state index < -0.39 is 0 Å². The molecular formula is C13H17N3. The van der Waals surface area contributed by atoms with Gasteiger partial charge in [-0.1, -0.05) is 29.8 Å².